The molecule has 18 heavy (non-hydrogen) atoms. The smallest absolute Gasteiger partial charge is 0.374 e. The summed E-state index contributed by atoms with van der Waals surface area (Å²) in [6, 6.07) is 0.332. The second-order valence-corrected chi connectivity index (χ2v) is 6.26. The molecule has 0 aromatic heterocycles. The van der Waals surface area contributed by atoms with Gasteiger partial charge in [0.1, 0.15) is 0 Å². The molecule has 0 fully saturated rings. The fraction of sp³-hybridized carbons (Fsp3) is 1.00. The quantitative estimate of drug-likeness (QED) is 0.494. The minimum absolute atomic E-state index is 0.158. The molecule has 0 bridgehead atoms. The van der Waals surface area contributed by atoms with Gasteiger partial charge >= 0.3 is 15.0 Å². The lowest BCUT2D eigenvalue weighted by molar-refractivity contribution is -0.124. The van der Waals surface area contributed by atoms with Crippen LogP contribution in [0.15, 0.2) is 0 Å². The average molecular weight is 289 g/mol. The Hall–Kier alpha value is -0.153. The fourth-order valence-electron chi connectivity index (χ4n) is 1.47. The van der Waals surface area contributed by atoms with Crippen LogP contribution in [0.2, 0.25) is 6.04 Å². The van der Waals surface area contributed by atoms with E-state index in [2.05, 4.69) is 5.32 Å². The second kappa shape index (κ2) is 8.86. The van der Waals surface area contributed by atoms with Gasteiger partial charge in [-0.2, -0.15) is 13.2 Å². The second-order valence-electron chi connectivity index (χ2n) is 3.52. The molecule has 0 aromatic carbocycles. The number of hydrogen-bond donors (Lipinski definition) is 1. The zero-order valence-corrected chi connectivity index (χ0v) is 12.1. The van der Waals surface area contributed by atoms with Crippen molar-refractivity contribution in [1.82, 2.24) is 5.32 Å². The third-order valence-corrected chi connectivity index (χ3v) is 5.07. The van der Waals surface area contributed by atoms with Crippen LogP contribution in [0.1, 0.15) is 20.8 Å². The first-order valence-corrected chi connectivity index (χ1v) is 8.01. The van der Waals surface area contributed by atoms with Gasteiger partial charge in [-0.3, -0.25) is 0 Å². The van der Waals surface area contributed by atoms with Crippen molar-refractivity contribution in [3.8, 4) is 0 Å². The highest BCUT2D eigenvalue weighted by Crippen LogP contribution is 2.16. The van der Waals surface area contributed by atoms with Crippen molar-refractivity contribution < 1.29 is 26.4 Å². The molecule has 4 nitrogen and oxygen atoms in total. The molecule has 0 aliphatic rings. The maximum atomic E-state index is 12.0. The highest BCUT2D eigenvalue weighted by molar-refractivity contribution is 6.60. The van der Waals surface area contributed by atoms with Gasteiger partial charge in [-0.25, -0.2) is 0 Å². The van der Waals surface area contributed by atoms with Crippen LogP contribution in [0.5, 0.6) is 0 Å². The first kappa shape index (κ1) is 17.8. The van der Waals surface area contributed by atoms with Crippen LogP contribution in [-0.4, -0.2) is 47.9 Å². The van der Waals surface area contributed by atoms with Gasteiger partial charge in [-0.15, -0.1) is 0 Å². The molecule has 0 spiro atoms. The van der Waals surface area contributed by atoms with Gasteiger partial charge in [0.2, 0.25) is 0 Å². The average Bonchev–Trinajstić information content (AvgIpc) is 2.24. The van der Waals surface area contributed by atoms with Crippen molar-refractivity contribution in [2.24, 2.45) is 0 Å². The summed E-state index contributed by atoms with van der Waals surface area (Å²) in [7, 11) is -2.82. The van der Waals surface area contributed by atoms with Crippen LogP contribution < -0.4 is 5.32 Å². The standard InChI is InChI=1S/C10H22F3NO3Si/c1-4-15-18(16-5-2,17-6-3)8-7-14-9-10(11,12)13/h14H,4-9H2,1-3H3. The molecule has 0 amide bonds. The predicted molar refractivity (Wildman–Crippen MR) is 64.4 cm³/mol. The molecule has 0 radical (unpaired) electrons. The summed E-state index contributed by atoms with van der Waals surface area (Å²) >= 11 is 0. The van der Waals surface area contributed by atoms with Gasteiger partial charge in [0.25, 0.3) is 0 Å². The molecule has 1 N–H and O–H groups in total. The Balaban J connectivity index is 4.21. The Labute approximate surface area is 107 Å². The summed E-state index contributed by atoms with van der Waals surface area (Å²) in [5.74, 6) is 0. The molecule has 0 saturated heterocycles. The minimum atomic E-state index is -4.20. The molecule has 0 aliphatic carbocycles. The summed E-state index contributed by atoms with van der Waals surface area (Å²) in [5.41, 5.74) is 0. The van der Waals surface area contributed by atoms with Crippen molar-refractivity contribution in [2.45, 2.75) is 33.0 Å². The molecular formula is C10H22F3NO3Si. The molecule has 0 aromatic rings. The number of rotatable bonds is 10. The van der Waals surface area contributed by atoms with Crippen LogP contribution in [-0.2, 0) is 13.3 Å². The molecule has 8 heteroatoms. The number of halogens is 3. The van der Waals surface area contributed by atoms with E-state index in [-0.39, 0.29) is 6.54 Å². The van der Waals surface area contributed by atoms with Crippen molar-refractivity contribution in [3.63, 3.8) is 0 Å². The van der Waals surface area contributed by atoms with Gasteiger partial charge in [0.15, 0.2) is 0 Å². The maximum absolute atomic E-state index is 12.0. The number of hydrogen-bond acceptors (Lipinski definition) is 4. The van der Waals surface area contributed by atoms with E-state index in [1.165, 1.54) is 0 Å². The van der Waals surface area contributed by atoms with Gasteiger partial charge in [0, 0.05) is 25.9 Å². The SMILES string of the molecule is CCO[Si](CCNCC(F)(F)F)(OCC)OCC. The molecule has 0 heterocycles. The van der Waals surface area contributed by atoms with E-state index in [0.717, 1.165) is 0 Å². The molecule has 0 unspecified atom stereocenters. The Morgan fingerprint density at radius 2 is 1.39 bits per heavy atom. The lowest BCUT2D eigenvalue weighted by Gasteiger charge is -2.28. The summed E-state index contributed by atoms with van der Waals surface area (Å²) in [5, 5.41) is 2.33. The van der Waals surface area contributed by atoms with Gasteiger partial charge < -0.3 is 18.6 Å². The fourth-order valence-corrected chi connectivity index (χ4v) is 3.96. The van der Waals surface area contributed by atoms with Crippen LogP contribution in [0.25, 0.3) is 0 Å². The Bertz CT molecular complexity index is 200. The van der Waals surface area contributed by atoms with Crippen LogP contribution in [0.4, 0.5) is 13.2 Å². The van der Waals surface area contributed by atoms with Crippen LogP contribution in [0.3, 0.4) is 0 Å². The zero-order valence-electron chi connectivity index (χ0n) is 11.1. The molecule has 0 saturated carbocycles. The largest absolute Gasteiger partial charge is 0.502 e. The van der Waals surface area contributed by atoms with Crippen molar-refractivity contribution in [2.75, 3.05) is 32.9 Å². The van der Waals surface area contributed by atoms with Crippen molar-refractivity contribution in [3.05, 3.63) is 0 Å². The van der Waals surface area contributed by atoms with E-state index < -0.39 is 21.5 Å². The Kier molecular flexibility index (Phi) is 8.79. The lowest BCUT2D eigenvalue weighted by Crippen LogP contribution is -2.48. The van der Waals surface area contributed by atoms with Gasteiger partial charge in [-0.05, 0) is 27.3 Å². The molecule has 0 aliphatic heterocycles. The minimum Gasteiger partial charge on any atom is -0.374 e. The highest BCUT2D eigenvalue weighted by Gasteiger charge is 2.40. The Morgan fingerprint density at radius 3 is 1.72 bits per heavy atom. The van der Waals surface area contributed by atoms with Crippen LogP contribution >= 0.6 is 0 Å². The third kappa shape index (κ3) is 8.04. The van der Waals surface area contributed by atoms with E-state index >= 15 is 0 Å². The topological polar surface area (TPSA) is 39.7 Å². The highest BCUT2D eigenvalue weighted by atomic mass is 28.4. The third-order valence-electron chi connectivity index (χ3n) is 2.03. The summed E-state index contributed by atoms with van der Waals surface area (Å²) in [6.45, 7) is 5.84. The van der Waals surface area contributed by atoms with E-state index in [4.69, 9.17) is 13.3 Å². The molecule has 0 atom stereocenters. The summed E-state index contributed by atoms with van der Waals surface area (Å²) in [6.07, 6.45) is -4.20. The van der Waals surface area contributed by atoms with E-state index in [1.807, 2.05) is 20.8 Å². The molecular weight excluding hydrogens is 267 g/mol. The maximum Gasteiger partial charge on any atom is 0.502 e. The van der Waals surface area contributed by atoms with Crippen LogP contribution in [0, 0.1) is 0 Å². The first-order valence-electron chi connectivity index (χ1n) is 6.08. The predicted octanol–water partition coefficient (Wildman–Crippen LogP) is 2.19. The summed E-state index contributed by atoms with van der Waals surface area (Å²) in [4.78, 5) is 0. The van der Waals surface area contributed by atoms with Crippen molar-refractivity contribution >= 4 is 8.80 Å². The van der Waals surface area contributed by atoms with E-state index in [0.29, 0.717) is 25.9 Å². The lowest BCUT2D eigenvalue weighted by atomic mass is 10.6. The number of nitrogens with one attached hydrogen (secondary N) is 1. The first-order chi connectivity index (χ1) is 8.39. The monoisotopic (exact) mass is 289 g/mol. The number of alkyl halides is 3. The van der Waals surface area contributed by atoms with E-state index in [9.17, 15) is 13.2 Å². The Morgan fingerprint density at radius 1 is 0.944 bits per heavy atom. The van der Waals surface area contributed by atoms with Gasteiger partial charge in [-0.1, -0.05) is 0 Å². The molecule has 110 valence electrons. The van der Waals surface area contributed by atoms with Crippen molar-refractivity contribution in [1.29, 1.82) is 0 Å². The zero-order chi connectivity index (χ0) is 14.1. The van der Waals surface area contributed by atoms with Gasteiger partial charge in [0.05, 0.1) is 6.54 Å². The summed E-state index contributed by atoms with van der Waals surface area (Å²) < 4.78 is 52.5. The normalized spacial score (nSPS) is 13.0. The van der Waals surface area contributed by atoms with E-state index in [1.54, 1.807) is 0 Å². The molecule has 0 rings (SSSR count).